The summed E-state index contributed by atoms with van der Waals surface area (Å²) >= 11 is 3.47. The number of anilines is 2. The molecule has 2 unspecified atom stereocenters. The van der Waals surface area contributed by atoms with Gasteiger partial charge in [0.15, 0.2) is 0 Å². The van der Waals surface area contributed by atoms with Crippen molar-refractivity contribution >= 4 is 39.2 Å². The summed E-state index contributed by atoms with van der Waals surface area (Å²) in [6.07, 6.45) is 0.860. The zero-order valence-electron chi connectivity index (χ0n) is 13.9. The number of carbonyl (C=O) groups excluding carboxylic acids is 2. The number of urea groups is 1. The molecule has 3 rings (SSSR count). The molecule has 1 fully saturated rings. The molecule has 25 heavy (non-hydrogen) atoms. The number of amides is 3. The summed E-state index contributed by atoms with van der Waals surface area (Å²) in [5.41, 5.74) is 2.50. The van der Waals surface area contributed by atoms with Gasteiger partial charge in [-0.2, -0.15) is 0 Å². The van der Waals surface area contributed by atoms with Gasteiger partial charge in [-0.1, -0.05) is 34.1 Å². The highest BCUT2D eigenvalue weighted by molar-refractivity contribution is 9.10. The van der Waals surface area contributed by atoms with Crippen LogP contribution in [-0.4, -0.2) is 18.5 Å². The van der Waals surface area contributed by atoms with Crippen molar-refractivity contribution in [1.29, 1.82) is 0 Å². The minimum absolute atomic E-state index is 0.00527. The summed E-state index contributed by atoms with van der Waals surface area (Å²) in [4.78, 5) is 24.0. The predicted molar refractivity (Wildman–Crippen MR) is 103 cm³/mol. The van der Waals surface area contributed by atoms with Crippen LogP contribution in [0.5, 0.6) is 0 Å². The van der Waals surface area contributed by atoms with Crippen molar-refractivity contribution in [3.05, 3.63) is 58.6 Å². The van der Waals surface area contributed by atoms with Crippen molar-refractivity contribution in [1.82, 2.24) is 5.32 Å². The van der Waals surface area contributed by atoms with Crippen LogP contribution in [0.3, 0.4) is 0 Å². The maximum atomic E-state index is 12.5. The Bertz CT molecular complexity index is 794. The molecule has 3 amide bonds. The van der Waals surface area contributed by atoms with E-state index in [-0.39, 0.29) is 23.8 Å². The van der Waals surface area contributed by atoms with Crippen molar-refractivity contribution in [3.8, 4) is 0 Å². The molecular weight excluding hydrogens is 382 g/mol. The van der Waals surface area contributed by atoms with Crippen LogP contribution in [0.1, 0.15) is 24.8 Å². The average Bonchev–Trinajstić information content (AvgIpc) is 3.36. The first-order valence-electron chi connectivity index (χ1n) is 8.28. The summed E-state index contributed by atoms with van der Waals surface area (Å²) < 4.78 is 1.03. The van der Waals surface area contributed by atoms with E-state index >= 15 is 0 Å². The molecule has 0 heterocycles. The van der Waals surface area contributed by atoms with Crippen LogP contribution in [-0.2, 0) is 4.79 Å². The van der Waals surface area contributed by atoms with Crippen LogP contribution in [0.2, 0.25) is 0 Å². The second-order valence-corrected chi connectivity index (χ2v) is 6.97. The third-order valence-corrected chi connectivity index (χ3v) is 4.62. The van der Waals surface area contributed by atoms with Crippen LogP contribution in [0.4, 0.5) is 16.2 Å². The molecule has 3 N–H and O–H groups in total. The van der Waals surface area contributed by atoms with Gasteiger partial charge in [-0.3, -0.25) is 4.79 Å². The number of halogens is 1. The summed E-state index contributed by atoms with van der Waals surface area (Å²) in [7, 11) is 0. The number of nitrogens with one attached hydrogen (secondary N) is 3. The highest BCUT2D eigenvalue weighted by Crippen LogP contribution is 2.48. The van der Waals surface area contributed by atoms with E-state index in [2.05, 4.69) is 44.0 Å². The van der Waals surface area contributed by atoms with E-state index in [1.807, 2.05) is 25.1 Å². The van der Waals surface area contributed by atoms with E-state index < -0.39 is 0 Å². The van der Waals surface area contributed by atoms with E-state index in [0.717, 1.165) is 10.9 Å². The number of benzene rings is 2. The molecule has 2 aromatic carbocycles. The van der Waals surface area contributed by atoms with Gasteiger partial charge in [0.1, 0.15) is 0 Å². The lowest BCUT2D eigenvalue weighted by Gasteiger charge is -2.09. The lowest BCUT2D eigenvalue weighted by molar-refractivity contribution is -0.117. The summed E-state index contributed by atoms with van der Waals surface area (Å²) in [5, 5.41) is 8.35. The fourth-order valence-corrected chi connectivity index (χ4v) is 3.25. The Kier molecular flexibility index (Phi) is 5.38. The minimum Gasteiger partial charge on any atom is -0.338 e. The van der Waals surface area contributed by atoms with Crippen molar-refractivity contribution in [2.45, 2.75) is 19.3 Å². The van der Waals surface area contributed by atoms with Gasteiger partial charge in [-0.05, 0) is 55.2 Å². The molecule has 0 bridgehead atoms. The van der Waals surface area contributed by atoms with Gasteiger partial charge in [0.25, 0.3) is 0 Å². The first-order valence-corrected chi connectivity index (χ1v) is 9.07. The smallest absolute Gasteiger partial charge is 0.319 e. The standard InChI is InChI=1S/C19H20BrN3O2/c1-2-21-19(25)23-15-8-4-7-14(10-15)22-18(24)17-11-16(17)12-5-3-6-13(20)9-12/h3-10,16-17H,2,11H2,1H3,(H,22,24)(H2,21,23,25). The summed E-state index contributed by atoms with van der Waals surface area (Å²) in [5.74, 6) is 0.281. The molecule has 1 saturated carbocycles. The summed E-state index contributed by atoms with van der Waals surface area (Å²) in [6, 6.07) is 15.0. The van der Waals surface area contributed by atoms with Crippen molar-refractivity contribution in [2.24, 2.45) is 5.92 Å². The lowest BCUT2D eigenvalue weighted by Crippen LogP contribution is -2.28. The monoisotopic (exact) mass is 401 g/mol. The minimum atomic E-state index is -0.261. The van der Waals surface area contributed by atoms with E-state index in [1.165, 1.54) is 5.56 Å². The van der Waals surface area contributed by atoms with E-state index in [1.54, 1.807) is 18.2 Å². The molecule has 2 atom stereocenters. The molecule has 6 heteroatoms. The maximum absolute atomic E-state index is 12.5. The average molecular weight is 402 g/mol. The topological polar surface area (TPSA) is 70.2 Å². The van der Waals surface area contributed by atoms with Gasteiger partial charge in [0, 0.05) is 28.3 Å². The van der Waals surface area contributed by atoms with Crippen LogP contribution in [0.25, 0.3) is 0 Å². The Morgan fingerprint density at radius 1 is 1.08 bits per heavy atom. The third-order valence-electron chi connectivity index (χ3n) is 4.13. The van der Waals surface area contributed by atoms with Crippen molar-refractivity contribution in [2.75, 3.05) is 17.2 Å². The second kappa shape index (κ2) is 7.70. The first kappa shape index (κ1) is 17.5. The Morgan fingerprint density at radius 2 is 1.80 bits per heavy atom. The Morgan fingerprint density at radius 3 is 2.52 bits per heavy atom. The molecule has 0 saturated heterocycles. The molecule has 1 aliphatic carbocycles. The van der Waals surface area contributed by atoms with Gasteiger partial charge in [-0.25, -0.2) is 4.79 Å². The van der Waals surface area contributed by atoms with Gasteiger partial charge in [0.2, 0.25) is 5.91 Å². The molecule has 0 spiro atoms. The number of carbonyl (C=O) groups is 2. The largest absolute Gasteiger partial charge is 0.338 e. The fraction of sp³-hybridized carbons (Fsp3) is 0.263. The highest BCUT2D eigenvalue weighted by atomic mass is 79.9. The molecule has 2 aromatic rings. The van der Waals surface area contributed by atoms with Gasteiger partial charge >= 0.3 is 6.03 Å². The number of rotatable bonds is 5. The van der Waals surface area contributed by atoms with Crippen molar-refractivity contribution < 1.29 is 9.59 Å². The zero-order chi connectivity index (χ0) is 17.8. The van der Waals surface area contributed by atoms with Gasteiger partial charge in [0.05, 0.1) is 0 Å². The van der Waals surface area contributed by atoms with E-state index in [9.17, 15) is 9.59 Å². The van der Waals surface area contributed by atoms with E-state index in [4.69, 9.17) is 0 Å². The molecular formula is C19H20BrN3O2. The fourth-order valence-electron chi connectivity index (χ4n) is 2.84. The molecule has 5 nitrogen and oxygen atoms in total. The maximum Gasteiger partial charge on any atom is 0.319 e. The Labute approximate surface area is 155 Å². The Hall–Kier alpha value is -2.34. The number of hydrogen-bond donors (Lipinski definition) is 3. The summed E-state index contributed by atoms with van der Waals surface area (Å²) in [6.45, 7) is 2.41. The molecule has 130 valence electrons. The van der Waals surface area contributed by atoms with Crippen LogP contribution in [0, 0.1) is 5.92 Å². The first-order chi connectivity index (χ1) is 12.1. The predicted octanol–water partition coefficient (Wildman–Crippen LogP) is 4.33. The third kappa shape index (κ3) is 4.60. The second-order valence-electron chi connectivity index (χ2n) is 6.06. The Balaban J connectivity index is 1.59. The number of hydrogen-bond acceptors (Lipinski definition) is 2. The highest BCUT2D eigenvalue weighted by Gasteiger charge is 2.43. The van der Waals surface area contributed by atoms with Crippen LogP contribution in [0.15, 0.2) is 53.0 Å². The van der Waals surface area contributed by atoms with E-state index in [0.29, 0.717) is 17.9 Å². The molecule has 0 aliphatic heterocycles. The SMILES string of the molecule is CCNC(=O)Nc1cccc(NC(=O)C2CC2c2cccc(Br)c2)c1. The van der Waals surface area contributed by atoms with Crippen LogP contribution < -0.4 is 16.0 Å². The molecule has 0 radical (unpaired) electrons. The zero-order valence-corrected chi connectivity index (χ0v) is 15.5. The van der Waals surface area contributed by atoms with Gasteiger partial charge < -0.3 is 16.0 Å². The quantitative estimate of drug-likeness (QED) is 0.697. The normalized spacial score (nSPS) is 18.3. The van der Waals surface area contributed by atoms with Crippen LogP contribution >= 0.6 is 15.9 Å². The molecule has 0 aromatic heterocycles. The lowest BCUT2D eigenvalue weighted by atomic mass is 10.1. The van der Waals surface area contributed by atoms with Gasteiger partial charge in [-0.15, -0.1) is 0 Å². The molecule has 1 aliphatic rings. The van der Waals surface area contributed by atoms with Crippen molar-refractivity contribution in [3.63, 3.8) is 0 Å².